The summed E-state index contributed by atoms with van der Waals surface area (Å²) >= 11 is 0. The van der Waals surface area contributed by atoms with Crippen LogP contribution in [0.25, 0.3) is 0 Å². The van der Waals surface area contributed by atoms with Gasteiger partial charge in [-0.15, -0.1) is 0 Å². The van der Waals surface area contributed by atoms with Crippen LogP contribution in [-0.2, 0) is 63.8 Å². The largest absolute Gasteiger partial charge is 0.487 e. The predicted octanol–water partition coefficient (Wildman–Crippen LogP) is -0.356. The molecule has 2 fully saturated rings. The van der Waals surface area contributed by atoms with Crippen molar-refractivity contribution in [2.75, 3.05) is 26.8 Å². The third-order valence-electron chi connectivity index (χ3n) is 13.4. The lowest BCUT2D eigenvalue weighted by molar-refractivity contribution is -0.160. The number of esters is 2. The van der Waals surface area contributed by atoms with Gasteiger partial charge in [-0.05, 0) is 61.9 Å². The smallest absolute Gasteiger partial charge is 0.332 e. The zero-order valence-electron chi connectivity index (χ0n) is 42.5. The Kier molecular flexibility index (Phi) is 19.6. The molecule has 4 aliphatic rings. The van der Waals surface area contributed by atoms with Crippen LogP contribution in [0, 0.1) is 17.8 Å². The lowest BCUT2D eigenvalue weighted by atomic mass is 9.93. The molecule has 4 aliphatic heterocycles. The summed E-state index contributed by atoms with van der Waals surface area (Å²) in [6.07, 6.45) is -2.39. The average Bonchev–Trinajstić information content (AvgIpc) is 4.17. The van der Waals surface area contributed by atoms with Crippen molar-refractivity contribution >= 4 is 53.3 Å². The standard InChI is InChI=1S/C51H69N7O15/c1-10-27(4)39-46(65)57-42-33-16-18-34(19-17-33)73-31(8)51(25-71-51)21-20-37(60)52-23-38(61)70-24-35(50(69)72-30(7)41(48(67)54-39)56-44(63)28(5)43(62)26(2)3)53-47(66)40(29(6)59)55-45(64)36(58(9)49(42)68)22-32-14-12-11-13-15-32/h11-21,26-31,35-36,39-43,59,62H,10,22-25H2,1-9H3,(H,52,60)(H,53,66)(H,54,67)(H,55,64)(H,56,63)(H,57,65)/b21-20-/t27-,28+,29+,30+,31+,35-,36-,39+,40+,41-,42+,43+,51-/m1/s1. The number of hydrogen-bond donors (Lipinski definition) is 8. The van der Waals surface area contributed by atoms with Crippen molar-refractivity contribution in [3.63, 3.8) is 0 Å². The summed E-state index contributed by atoms with van der Waals surface area (Å²) in [5.74, 6) is -10.7. The topological polar surface area (TPSA) is 310 Å². The molecular formula is C51H69N7O15. The lowest BCUT2D eigenvalue weighted by Gasteiger charge is -2.34. The van der Waals surface area contributed by atoms with E-state index in [2.05, 4.69) is 31.9 Å². The highest BCUT2D eigenvalue weighted by Gasteiger charge is 2.49. The molecule has 4 bridgehead atoms. The minimum Gasteiger partial charge on any atom is -0.487 e. The first-order chi connectivity index (χ1) is 34.5. The van der Waals surface area contributed by atoms with E-state index in [1.165, 1.54) is 58.2 Å². The molecule has 1 spiro atoms. The van der Waals surface area contributed by atoms with Crippen LogP contribution in [0.5, 0.6) is 5.75 Å². The number of amides is 7. The number of ether oxygens (including phenoxy) is 4. The Morgan fingerprint density at radius 2 is 1.45 bits per heavy atom. The summed E-state index contributed by atoms with van der Waals surface area (Å²) in [5, 5.41) is 37.1. The maximum absolute atomic E-state index is 15.2. The molecule has 13 atom stereocenters. The van der Waals surface area contributed by atoms with Gasteiger partial charge < -0.3 is 66.0 Å². The predicted molar refractivity (Wildman–Crippen MR) is 260 cm³/mol. The van der Waals surface area contributed by atoms with Gasteiger partial charge in [-0.1, -0.05) is 83.5 Å². The van der Waals surface area contributed by atoms with Gasteiger partial charge in [0.05, 0.1) is 24.7 Å². The fourth-order valence-corrected chi connectivity index (χ4v) is 8.15. The number of carbonyl (C=O) groups is 9. The Labute approximate surface area is 424 Å². The van der Waals surface area contributed by atoms with Gasteiger partial charge in [-0.25, -0.2) is 4.79 Å². The summed E-state index contributed by atoms with van der Waals surface area (Å²) < 4.78 is 23.0. The average molecular weight is 1020 g/mol. The quantitative estimate of drug-likeness (QED) is 0.118. The Bertz CT molecular complexity index is 2360. The molecule has 2 aromatic rings. The second-order valence-electron chi connectivity index (χ2n) is 19.2. The molecule has 7 amide bonds. The zero-order valence-corrected chi connectivity index (χ0v) is 42.5. The number of carbonyl (C=O) groups excluding carboxylic acids is 9. The summed E-state index contributed by atoms with van der Waals surface area (Å²) in [7, 11) is 1.32. The van der Waals surface area contributed by atoms with Gasteiger partial charge in [-0.2, -0.15) is 0 Å². The third-order valence-corrected chi connectivity index (χ3v) is 13.4. The number of epoxide rings is 1. The Morgan fingerprint density at radius 1 is 0.822 bits per heavy atom. The second-order valence-corrected chi connectivity index (χ2v) is 19.2. The van der Waals surface area contributed by atoms with Gasteiger partial charge in [0.1, 0.15) is 66.9 Å². The second kappa shape index (κ2) is 25.2. The highest BCUT2D eigenvalue weighted by molar-refractivity contribution is 5.98. The molecule has 2 saturated heterocycles. The molecule has 6 rings (SSSR count). The minimum absolute atomic E-state index is 0.141. The first kappa shape index (κ1) is 57.0. The number of cyclic esters (lactones) is 1. The zero-order chi connectivity index (χ0) is 53.9. The number of aliphatic hydroxyl groups is 2. The molecule has 0 saturated carbocycles. The van der Waals surface area contributed by atoms with Crippen LogP contribution >= 0.6 is 0 Å². The van der Waals surface area contributed by atoms with Gasteiger partial charge >= 0.3 is 11.9 Å². The molecule has 2 aromatic carbocycles. The molecule has 73 heavy (non-hydrogen) atoms. The number of benzene rings is 2. The highest BCUT2D eigenvalue weighted by Crippen LogP contribution is 2.35. The van der Waals surface area contributed by atoms with Crippen molar-refractivity contribution in [3.05, 3.63) is 77.9 Å². The van der Waals surface area contributed by atoms with E-state index < -0.39 is 150 Å². The van der Waals surface area contributed by atoms with Crippen molar-refractivity contribution in [1.29, 1.82) is 0 Å². The van der Waals surface area contributed by atoms with Crippen LogP contribution in [0.15, 0.2) is 66.7 Å². The van der Waals surface area contributed by atoms with E-state index >= 15 is 4.79 Å². The molecule has 4 heterocycles. The molecule has 22 heteroatoms. The van der Waals surface area contributed by atoms with E-state index in [1.807, 2.05) is 0 Å². The van der Waals surface area contributed by atoms with Gasteiger partial charge in [0.25, 0.3) is 0 Å². The Morgan fingerprint density at radius 3 is 2.05 bits per heavy atom. The highest BCUT2D eigenvalue weighted by atomic mass is 16.6. The molecular weight excluding hydrogens is 951 g/mol. The van der Waals surface area contributed by atoms with E-state index in [0.29, 0.717) is 17.7 Å². The maximum atomic E-state index is 15.2. The summed E-state index contributed by atoms with van der Waals surface area (Å²) in [4.78, 5) is 129. The number of likely N-dealkylation sites (N-methyl/N-ethyl adjacent to an activating group) is 1. The van der Waals surface area contributed by atoms with Crippen LogP contribution in [0.1, 0.15) is 79.0 Å². The Balaban J connectivity index is 1.72. The number of nitrogens with zero attached hydrogens (tertiary/aromatic N) is 1. The summed E-state index contributed by atoms with van der Waals surface area (Å²) in [5.41, 5.74) is -0.249. The van der Waals surface area contributed by atoms with Crippen LogP contribution in [0.2, 0.25) is 0 Å². The summed E-state index contributed by atoms with van der Waals surface area (Å²) in [6, 6.07) is 4.69. The fourth-order valence-electron chi connectivity index (χ4n) is 8.15. The van der Waals surface area contributed by atoms with Gasteiger partial charge in [0.15, 0.2) is 6.04 Å². The van der Waals surface area contributed by atoms with Gasteiger partial charge in [0.2, 0.25) is 41.4 Å². The number of hydrogen-bond acceptors (Lipinski definition) is 15. The third kappa shape index (κ3) is 14.8. The maximum Gasteiger partial charge on any atom is 0.332 e. The number of nitrogens with one attached hydrogen (secondary N) is 6. The van der Waals surface area contributed by atoms with Crippen molar-refractivity contribution in [2.45, 2.75) is 134 Å². The van der Waals surface area contributed by atoms with Crippen molar-refractivity contribution in [2.24, 2.45) is 17.8 Å². The number of aliphatic hydroxyl groups excluding tert-OH is 2. The monoisotopic (exact) mass is 1020 g/mol. The normalized spacial score (nSPS) is 29.3. The van der Waals surface area contributed by atoms with Gasteiger partial charge in [-0.3, -0.25) is 38.4 Å². The van der Waals surface area contributed by atoms with E-state index in [1.54, 1.807) is 65.0 Å². The minimum atomic E-state index is -1.94. The van der Waals surface area contributed by atoms with E-state index in [-0.39, 0.29) is 18.6 Å². The molecule has 0 unspecified atom stereocenters. The fraction of sp³-hybridized carbons (Fsp3) is 0.549. The number of fused-ring (bicyclic) bond motifs is 9. The van der Waals surface area contributed by atoms with Crippen LogP contribution in [-0.4, -0.2) is 155 Å². The molecule has 22 nitrogen and oxygen atoms in total. The van der Waals surface area contributed by atoms with E-state index in [9.17, 15) is 48.6 Å². The first-order valence-corrected chi connectivity index (χ1v) is 24.4. The van der Waals surface area contributed by atoms with Crippen LogP contribution in [0.3, 0.4) is 0 Å². The molecule has 0 aromatic heterocycles. The van der Waals surface area contributed by atoms with E-state index in [0.717, 1.165) is 11.0 Å². The van der Waals surface area contributed by atoms with Crippen molar-refractivity contribution in [1.82, 2.24) is 36.8 Å². The molecule has 0 aliphatic carbocycles. The number of rotatable bonds is 9. The summed E-state index contributed by atoms with van der Waals surface area (Å²) in [6.45, 7) is 10.8. The Hall–Kier alpha value is -6.91. The van der Waals surface area contributed by atoms with Crippen molar-refractivity contribution < 1.29 is 72.3 Å². The molecule has 0 radical (unpaired) electrons. The SMILES string of the molecule is CC[C@@H](C)[C@@H]1NC(=O)[C@H](NC(=O)[C@@H](C)[C@@H](O)C(C)C)[C@H](C)OC(=O)[C@H]2COC(=O)CNC(=O)/C=C\[C@@]3(CO3)[C@H](C)Oc3ccc(cc3)[C@H](NC1=O)C(=O)N(C)[C@H](Cc1ccccc1)C(=O)N[C@@H]([C@H](C)O)C(=O)N2. The van der Waals surface area contributed by atoms with Gasteiger partial charge in [0, 0.05) is 19.5 Å². The molecule has 8 N–H and O–H groups in total. The first-order valence-electron chi connectivity index (χ1n) is 24.4. The van der Waals surface area contributed by atoms with Crippen LogP contribution < -0.4 is 36.6 Å². The van der Waals surface area contributed by atoms with Crippen LogP contribution in [0.4, 0.5) is 0 Å². The van der Waals surface area contributed by atoms with Crippen molar-refractivity contribution in [3.8, 4) is 5.75 Å². The molecule has 398 valence electrons. The van der Waals surface area contributed by atoms with E-state index in [4.69, 9.17) is 18.9 Å². The lowest BCUT2D eigenvalue weighted by Crippen LogP contribution is -2.61.